The number of hydrogen-bond donors (Lipinski definition) is 1. The van der Waals surface area contributed by atoms with Crippen molar-refractivity contribution in [1.29, 1.82) is 0 Å². The van der Waals surface area contributed by atoms with Crippen molar-refractivity contribution in [3.05, 3.63) is 35.1 Å². The molecular formula is C15H24FIN4O. The van der Waals surface area contributed by atoms with Gasteiger partial charge in [-0.15, -0.1) is 24.0 Å². The quantitative estimate of drug-likeness (QED) is 0.350. The Morgan fingerprint density at radius 1 is 1.23 bits per heavy atom. The predicted molar refractivity (Wildman–Crippen MR) is 98.6 cm³/mol. The molecule has 0 atom stereocenters. The number of nitrogens with one attached hydrogen (secondary N) is 1. The standard InChI is InChI=1S/C15H23FN4O.HI/c1-11-6-7-12(10-13(11)16)14(21)17-8-9-18-15(19(2)3)20(4)5;/h6-7,10H,8-9H2,1-5H3,(H,17,21);1H. The first-order valence-electron chi connectivity index (χ1n) is 6.76. The summed E-state index contributed by atoms with van der Waals surface area (Å²) in [7, 11) is 7.64. The van der Waals surface area contributed by atoms with E-state index < -0.39 is 0 Å². The Labute approximate surface area is 148 Å². The maximum atomic E-state index is 13.4. The van der Waals surface area contributed by atoms with Gasteiger partial charge in [-0.2, -0.15) is 0 Å². The summed E-state index contributed by atoms with van der Waals surface area (Å²) in [5, 5.41) is 2.73. The summed E-state index contributed by atoms with van der Waals surface area (Å²) in [6.45, 7) is 2.53. The van der Waals surface area contributed by atoms with E-state index in [-0.39, 0.29) is 35.7 Å². The molecule has 1 aromatic rings. The topological polar surface area (TPSA) is 47.9 Å². The van der Waals surface area contributed by atoms with Crippen LogP contribution in [0.2, 0.25) is 0 Å². The van der Waals surface area contributed by atoms with E-state index in [4.69, 9.17) is 0 Å². The van der Waals surface area contributed by atoms with Crippen LogP contribution in [-0.2, 0) is 0 Å². The highest BCUT2D eigenvalue weighted by molar-refractivity contribution is 14.0. The Kier molecular flexibility index (Phi) is 9.00. The van der Waals surface area contributed by atoms with Crippen LogP contribution in [0.15, 0.2) is 23.2 Å². The molecule has 22 heavy (non-hydrogen) atoms. The second-order valence-electron chi connectivity index (χ2n) is 5.19. The Balaban J connectivity index is 0.00000441. The largest absolute Gasteiger partial charge is 0.350 e. The highest BCUT2D eigenvalue weighted by Crippen LogP contribution is 2.08. The fraction of sp³-hybridized carbons (Fsp3) is 0.467. The zero-order chi connectivity index (χ0) is 16.0. The van der Waals surface area contributed by atoms with Gasteiger partial charge in [0, 0.05) is 40.3 Å². The van der Waals surface area contributed by atoms with Crippen molar-refractivity contribution in [2.24, 2.45) is 4.99 Å². The van der Waals surface area contributed by atoms with Crippen LogP contribution in [0.4, 0.5) is 4.39 Å². The Bertz CT molecular complexity index is 522. The number of aliphatic imine (C=N–C) groups is 1. The number of rotatable bonds is 4. The maximum absolute atomic E-state index is 13.4. The number of amides is 1. The molecule has 0 saturated carbocycles. The molecule has 124 valence electrons. The predicted octanol–water partition coefficient (Wildman–Crippen LogP) is 1.96. The molecule has 0 heterocycles. The number of guanidine groups is 1. The van der Waals surface area contributed by atoms with Crippen LogP contribution in [0.3, 0.4) is 0 Å². The van der Waals surface area contributed by atoms with Crippen molar-refractivity contribution >= 4 is 35.8 Å². The number of carbonyl (C=O) groups excluding carboxylic acids is 1. The second-order valence-corrected chi connectivity index (χ2v) is 5.19. The molecule has 0 bridgehead atoms. The van der Waals surface area contributed by atoms with Crippen LogP contribution < -0.4 is 5.32 Å². The van der Waals surface area contributed by atoms with Gasteiger partial charge in [-0.3, -0.25) is 9.79 Å². The highest BCUT2D eigenvalue weighted by atomic mass is 127. The van der Waals surface area contributed by atoms with Crippen molar-refractivity contribution in [1.82, 2.24) is 15.1 Å². The van der Waals surface area contributed by atoms with Gasteiger partial charge in [-0.05, 0) is 24.6 Å². The third-order valence-electron chi connectivity index (χ3n) is 2.88. The maximum Gasteiger partial charge on any atom is 0.251 e. The Morgan fingerprint density at radius 2 is 1.82 bits per heavy atom. The monoisotopic (exact) mass is 422 g/mol. The molecule has 1 rings (SSSR count). The van der Waals surface area contributed by atoms with E-state index in [1.807, 2.05) is 38.0 Å². The number of aryl methyl sites for hydroxylation is 1. The van der Waals surface area contributed by atoms with Crippen LogP contribution in [0.1, 0.15) is 15.9 Å². The summed E-state index contributed by atoms with van der Waals surface area (Å²) in [5.74, 6) is 0.161. The average molecular weight is 422 g/mol. The van der Waals surface area contributed by atoms with Gasteiger partial charge in [0.1, 0.15) is 5.82 Å². The van der Waals surface area contributed by atoms with Gasteiger partial charge in [0.15, 0.2) is 5.96 Å². The van der Waals surface area contributed by atoms with Gasteiger partial charge in [0.05, 0.1) is 6.54 Å². The number of halogens is 2. The molecular weight excluding hydrogens is 398 g/mol. The molecule has 0 fully saturated rings. The van der Waals surface area contributed by atoms with E-state index in [1.54, 1.807) is 19.1 Å². The molecule has 0 unspecified atom stereocenters. The van der Waals surface area contributed by atoms with E-state index in [0.717, 1.165) is 5.96 Å². The molecule has 0 aromatic heterocycles. The molecule has 0 saturated heterocycles. The van der Waals surface area contributed by atoms with Gasteiger partial charge in [0.2, 0.25) is 0 Å². The van der Waals surface area contributed by atoms with Gasteiger partial charge in [-0.25, -0.2) is 4.39 Å². The number of carbonyl (C=O) groups is 1. The average Bonchev–Trinajstić information content (AvgIpc) is 2.40. The normalized spacial score (nSPS) is 9.55. The van der Waals surface area contributed by atoms with Crippen molar-refractivity contribution in [2.45, 2.75) is 6.92 Å². The molecule has 0 aliphatic rings. The van der Waals surface area contributed by atoms with Crippen molar-refractivity contribution in [3.63, 3.8) is 0 Å². The van der Waals surface area contributed by atoms with E-state index in [2.05, 4.69) is 10.3 Å². The lowest BCUT2D eigenvalue weighted by molar-refractivity contribution is 0.0954. The summed E-state index contributed by atoms with van der Waals surface area (Å²) >= 11 is 0. The van der Waals surface area contributed by atoms with Gasteiger partial charge in [-0.1, -0.05) is 6.07 Å². The summed E-state index contributed by atoms with van der Waals surface area (Å²) in [5.41, 5.74) is 0.847. The third kappa shape index (κ3) is 6.17. The van der Waals surface area contributed by atoms with Crippen LogP contribution in [0, 0.1) is 12.7 Å². The Hall–Kier alpha value is -1.38. The number of benzene rings is 1. The highest BCUT2D eigenvalue weighted by Gasteiger charge is 2.08. The van der Waals surface area contributed by atoms with Crippen molar-refractivity contribution in [3.8, 4) is 0 Å². The first-order chi connectivity index (χ1) is 9.82. The smallest absolute Gasteiger partial charge is 0.251 e. The summed E-state index contributed by atoms with van der Waals surface area (Å²) < 4.78 is 13.4. The number of hydrogen-bond acceptors (Lipinski definition) is 2. The minimum absolute atomic E-state index is 0. The van der Waals surface area contributed by atoms with Gasteiger partial charge in [0.25, 0.3) is 5.91 Å². The minimum Gasteiger partial charge on any atom is -0.350 e. The minimum atomic E-state index is -0.372. The fourth-order valence-electron chi connectivity index (χ4n) is 1.84. The SMILES string of the molecule is Cc1ccc(C(=O)NCCN=C(N(C)C)N(C)C)cc1F.I. The van der Waals surface area contributed by atoms with E-state index in [1.165, 1.54) is 6.07 Å². The fourth-order valence-corrected chi connectivity index (χ4v) is 1.84. The van der Waals surface area contributed by atoms with Crippen LogP contribution in [0.5, 0.6) is 0 Å². The lowest BCUT2D eigenvalue weighted by Crippen LogP contribution is -2.36. The first kappa shape index (κ1) is 20.6. The molecule has 0 radical (unpaired) electrons. The zero-order valence-electron chi connectivity index (χ0n) is 13.7. The molecule has 1 aromatic carbocycles. The second kappa shape index (κ2) is 9.60. The van der Waals surface area contributed by atoms with Crippen LogP contribution >= 0.6 is 24.0 Å². The molecule has 7 heteroatoms. The molecule has 1 N–H and O–H groups in total. The molecule has 0 aliphatic carbocycles. The molecule has 5 nitrogen and oxygen atoms in total. The molecule has 0 aliphatic heterocycles. The third-order valence-corrected chi connectivity index (χ3v) is 2.88. The van der Waals surface area contributed by atoms with Gasteiger partial charge < -0.3 is 15.1 Å². The first-order valence-corrected chi connectivity index (χ1v) is 6.76. The van der Waals surface area contributed by atoms with Crippen molar-refractivity contribution in [2.75, 3.05) is 41.3 Å². The van der Waals surface area contributed by atoms with Gasteiger partial charge >= 0.3 is 0 Å². The van der Waals surface area contributed by atoms with Crippen LogP contribution in [0.25, 0.3) is 0 Å². The number of nitrogens with zero attached hydrogens (tertiary/aromatic N) is 3. The molecule has 1 amide bonds. The molecule has 0 spiro atoms. The van der Waals surface area contributed by atoms with E-state index in [9.17, 15) is 9.18 Å². The van der Waals surface area contributed by atoms with Crippen molar-refractivity contribution < 1.29 is 9.18 Å². The lowest BCUT2D eigenvalue weighted by Gasteiger charge is -2.22. The lowest BCUT2D eigenvalue weighted by atomic mass is 10.1. The van der Waals surface area contributed by atoms with E-state index in [0.29, 0.717) is 24.2 Å². The van der Waals surface area contributed by atoms with E-state index >= 15 is 0 Å². The Morgan fingerprint density at radius 3 is 2.32 bits per heavy atom. The zero-order valence-corrected chi connectivity index (χ0v) is 16.0. The summed E-state index contributed by atoms with van der Waals surface area (Å²) in [6, 6.07) is 4.46. The summed E-state index contributed by atoms with van der Waals surface area (Å²) in [6.07, 6.45) is 0. The van der Waals surface area contributed by atoms with Crippen LogP contribution in [-0.4, -0.2) is 62.9 Å². The summed E-state index contributed by atoms with van der Waals surface area (Å²) in [4.78, 5) is 20.1.